The van der Waals surface area contributed by atoms with Gasteiger partial charge in [0, 0.05) is 50.9 Å². The summed E-state index contributed by atoms with van der Waals surface area (Å²) in [6.45, 7) is 6.75. The number of anilines is 2. The zero-order valence-corrected chi connectivity index (χ0v) is 18.9. The van der Waals surface area contributed by atoms with E-state index in [4.69, 9.17) is 14.2 Å². The lowest BCUT2D eigenvalue weighted by Gasteiger charge is -2.37. The first-order chi connectivity index (χ1) is 16.1. The van der Waals surface area contributed by atoms with Crippen molar-refractivity contribution in [3.05, 3.63) is 42.5 Å². The number of ether oxygens (including phenoxy) is 3. The van der Waals surface area contributed by atoms with Crippen molar-refractivity contribution in [2.45, 2.75) is 13.3 Å². The van der Waals surface area contributed by atoms with Crippen molar-refractivity contribution >= 4 is 23.2 Å². The standard InChI is InChI=1S/C25H29N3O5/c1-2-31-21-6-4-3-5-20(21)26-9-11-27(12-10-26)25(30)18-15-24(29)28(17-18)19-7-8-22-23(16-19)33-14-13-32-22/h3-8,16,18H,2,9-15,17H2,1H3/t18-/m1/s1. The second-order valence-corrected chi connectivity index (χ2v) is 8.45. The van der Waals surface area contributed by atoms with Crippen LogP contribution >= 0.6 is 0 Å². The van der Waals surface area contributed by atoms with Gasteiger partial charge in [-0.2, -0.15) is 0 Å². The molecule has 1 atom stereocenters. The van der Waals surface area contributed by atoms with Gasteiger partial charge in [-0.1, -0.05) is 12.1 Å². The van der Waals surface area contributed by atoms with Crippen LogP contribution in [0.15, 0.2) is 42.5 Å². The number of rotatable bonds is 5. The Morgan fingerprint density at radius 2 is 1.79 bits per heavy atom. The maximum atomic E-state index is 13.2. The van der Waals surface area contributed by atoms with Gasteiger partial charge < -0.3 is 28.9 Å². The van der Waals surface area contributed by atoms with Gasteiger partial charge in [-0.05, 0) is 31.2 Å². The molecule has 8 nitrogen and oxygen atoms in total. The minimum absolute atomic E-state index is 0.0331. The molecule has 33 heavy (non-hydrogen) atoms. The number of carbonyl (C=O) groups is 2. The van der Waals surface area contributed by atoms with Crippen LogP contribution in [0.1, 0.15) is 13.3 Å². The fourth-order valence-electron chi connectivity index (χ4n) is 4.74. The van der Waals surface area contributed by atoms with E-state index >= 15 is 0 Å². The summed E-state index contributed by atoms with van der Waals surface area (Å²) >= 11 is 0. The summed E-state index contributed by atoms with van der Waals surface area (Å²) in [5.74, 6) is 1.90. The Morgan fingerprint density at radius 1 is 1.03 bits per heavy atom. The summed E-state index contributed by atoms with van der Waals surface area (Å²) < 4.78 is 17.0. The van der Waals surface area contributed by atoms with Crippen molar-refractivity contribution < 1.29 is 23.8 Å². The lowest BCUT2D eigenvalue weighted by atomic mass is 10.1. The van der Waals surface area contributed by atoms with Crippen molar-refractivity contribution in [2.75, 3.05) is 62.3 Å². The van der Waals surface area contributed by atoms with Crippen molar-refractivity contribution in [1.29, 1.82) is 0 Å². The number of para-hydroxylation sites is 2. The van der Waals surface area contributed by atoms with E-state index in [9.17, 15) is 9.59 Å². The van der Waals surface area contributed by atoms with E-state index in [1.165, 1.54) is 0 Å². The van der Waals surface area contributed by atoms with Gasteiger partial charge in [0.25, 0.3) is 0 Å². The molecule has 0 aromatic heterocycles. The number of carbonyl (C=O) groups excluding carboxylic acids is 2. The molecule has 3 aliphatic heterocycles. The second-order valence-electron chi connectivity index (χ2n) is 8.45. The average molecular weight is 452 g/mol. The molecule has 2 amide bonds. The molecular formula is C25H29N3O5. The van der Waals surface area contributed by atoms with Crippen LogP contribution in [-0.2, 0) is 9.59 Å². The van der Waals surface area contributed by atoms with Crippen molar-refractivity contribution in [3.63, 3.8) is 0 Å². The molecule has 2 saturated heterocycles. The largest absolute Gasteiger partial charge is 0.492 e. The summed E-state index contributed by atoms with van der Waals surface area (Å²) in [5.41, 5.74) is 1.81. The van der Waals surface area contributed by atoms with Crippen LogP contribution < -0.4 is 24.0 Å². The minimum atomic E-state index is -0.326. The molecule has 3 heterocycles. The number of fused-ring (bicyclic) bond motifs is 1. The molecule has 3 aliphatic rings. The van der Waals surface area contributed by atoms with E-state index < -0.39 is 0 Å². The van der Waals surface area contributed by atoms with Crippen LogP contribution in [0.5, 0.6) is 17.2 Å². The Kier molecular flexibility index (Phi) is 5.98. The number of hydrogen-bond acceptors (Lipinski definition) is 6. The van der Waals surface area contributed by atoms with Gasteiger partial charge in [-0.15, -0.1) is 0 Å². The maximum absolute atomic E-state index is 13.2. The van der Waals surface area contributed by atoms with E-state index in [-0.39, 0.29) is 24.2 Å². The highest BCUT2D eigenvalue weighted by Crippen LogP contribution is 2.36. The predicted octanol–water partition coefficient (Wildman–Crippen LogP) is 2.56. The summed E-state index contributed by atoms with van der Waals surface area (Å²) in [6, 6.07) is 13.5. The normalized spacial score (nSPS) is 20.2. The summed E-state index contributed by atoms with van der Waals surface area (Å²) in [4.78, 5) is 31.8. The monoisotopic (exact) mass is 451 g/mol. The molecule has 0 N–H and O–H groups in total. The molecule has 8 heteroatoms. The van der Waals surface area contributed by atoms with Crippen LogP contribution in [0.25, 0.3) is 0 Å². The van der Waals surface area contributed by atoms with Crippen LogP contribution in [0, 0.1) is 5.92 Å². The van der Waals surface area contributed by atoms with E-state index in [0.29, 0.717) is 51.0 Å². The minimum Gasteiger partial charge on any atom is -0.492 e. The van der Waals surface area contributed by atoms with Crippen LogP contribution in [-0.4, -0.2) is 69.3 Å². The van der Waals surface area contributed by atoms with E-state index in [2.05, 4.69) is 11.0 Å². The third kappa shape index (κ3) is 4.29. The third-order valence-electron chi connectivity index (χ3n) is 6.41. The molecule has 174 valence electrons. The van der Waals surface area contributed by atoms with E-state index in [1.54, 1.807) is 4.90 Å². The van der Waals surface area contributed by atoms with E-state index in [0.717, 1.165) is 30.2 Å². The molecule has 5 rings (SSSR count). The van der Waals surface area contributed by atoms with Gasteiger partial charge in [0.05, 0.1) is 18.2 Å². The molecular weight excluding hydrogens is 422 g/mol. The van der Waals surface area contributed by atoms with Gasteiger partial charge >= 0.3 is 0 Å². The number of benzene rings is 2. The lowest BCUT2D eigenvalue weighted by molar-refractivity contribution is -0.136. The van der Waals surface area contributed by atoms with Crippen LogP contribution in [0.4, 0.5) is 11.4 Å². The number of piperazine rings is 1. The Balaban J connectivity index is 1.21. The molecule has 0 unspecified atom stereocenters. The Hall–Kier alpha value is -3.42. The van der Waals surface area contributed by atoms with Crippen LogP contribution in [0.3, 0.4) is 0 Å². The first-order valence-corrected chi connectivity index (χ1v) is 11.6. The molecule has 0 radical (unpaired) electrons. The van der Waals surface area contributed by atoms with Crippen molar-refractivity contribution in [1.82, 2.24) is 4.90 Å². The molecule has 2 fully saturated rings. The highest BCUT2D eigenvalue weighted by Gasteiger charge is 2.38. The predicted molar refractivity (Wildman–Crippen MR) is 124 cm³/mol. The zero-order valence-electron chi connectivity index (χ0n) is 18.9. The highest BCUT2D eigenvalue weighted by atomic mass is 16.6. The fraction of sp³-hybridized carbons (Fsp3) is 0.440. The number of nitrogens with zero attached hydrogens (tertiary/aromatic N) is 3. The first kappa shape index (κ1) is 21.4. The highest BCUT2D eigenvalue weighted by molar-refractivity contribution is 6.00. The van der Waals surface area contributed by atoms with Gasteiger partial charge in [0.2, 0.25) is 11.8 Å². The summed E-state index contributed by atoms with van der Waals surface area (Å²) in [5, 5.41) is 0. The Bertz CT molecular complexity index is 1030. The molecule has 2 aromatic carbocycles. The van der Waals surface area contributed by atoms with Gasteiger partial charge in [-0.3, -0.25) is 9.59 Å². The molecule has 2 aromatic rings. The SMILES string of the molecule is CCOc1ccccc1N1CCN(C(=O)[C@@H]2CC(=O)N(c3ccc4c(c3)OCCO4)C2)CC1. The molecule has 0 saturated carbocycles. The number of hydrogen-bond donors (Lipinski definition) is 0. The number of amides is 2. The van der Waals surface area contributed by atoms with Crippen molar-refractivity contribution in [2.24, 2.45) is 5.92 Å². The Morgan fingerprint density at radius 3 is 2.58 bits per heavy atom. The Labute approximate surface area is 193 Å². The quantitative estimate of drug-likeness (QED) is 0.696. The van der Waals surface area contributed by atoms with Gasteiger partial charge in [0.1, 0.15) is 19.0 Å². The molecule has 0 aliphatic carbocycles. The smallest absolute Gasteiger partial charge is 0.228 e. The second kappa shape index (κ2) is 9.21. The van der Waals surface area contributed by atoms with E-state index in [1.807, 2.05) is 48.2 Å². The molecule has 0 spiro atoms. The maximum Gasteiger partial charge on any atom is 0.228 e. The van der Waals surface area contributed by atoms with Gasteiger partial charge in [0.15, 0.2) is 11.5 Å². The lowest BCUT2D eigenvalue weighted by Crippen LogP contribution is -2.50. The first-order valence-electron chi connectivity index (χ1n) is 11.6. The third-order valence-corrected chi connectivity index (χ3v) is 6.41. The van der Waals surface area contributed by atoms with Gasteiger partial charge in [-0.25, -0.2) is 0 Å². The summed E-state index contributed by atoms with van der Waals surface area (Å²) in [7, 11) is 0. The van der Waals surface area contributed by atoms with Crippen molar-refractivity contribution in [3.8, 4) is 17.2 Å². The zero-order chi connectivity index (χ0) is 22.8. The molecule has 0 bridgehead atoms. The fourth-order valence-corrected chi connectivity index (χ4v) is 4.74. The topological polar surface area (TPSA) is 71.6 Å². The average Bonchev–Trinajstić information content (AvgIpc) is 3.25. The van der Waals surface area contributed by atoms with Crippen LogP contribution in [0.2, 0.25) is 0 Å². The summed E-state index contributed by atoms with van der Waals surface area (Å²) in [6.07, 6.45) is 0.237.